The van der Waals surface area contributed by atoms with Crippen molar-refractivity contribution in [3.05, 3.63) is 132 Å². The third kappa shape index (κ3) is 4.54. The molecule has 6 aromatic rings. The topological polar surface area (TPSA) is 46.2 Å². The highest BCUT2D eigenvalue weighted by Crippen LogP contribution is 2.43. The summed E-state index contributed by atoms with van der Waals surface area (Å²) in [6.45, 7) is 0. The molecule has 41 heavy (non-hydrogen) atoms. The quantitative estimate of drug-likeness (QED) is 0.170. The summed E-state index contributed by atoms with van der Waals surface area (Å²) in [5, 5.41) is 10.9. The summed E-state index contributed by atoms with van der Waals surface area (Å²) in [6, 6.07) is 36.1. The second-order valence-electron chi connectivity index (χ2n) is 11.3. The molecule has 0 amide bonds. The number of nitrogens with one attached hydrogen (secondary N) is 1. The first-order valence-corrected chi connectivity index (χ1v) is 15.9. The molecule has 1 atom stereocenters. The molecular formula is C36H30FNO2S. The van der Waals surface area contributed by atoms with Crippen molar-refractivity contribution < 1.29 is 12.8 Å². The van der Waals surface area contributed by atoms with Gasteiger partial charge in [0.1, 0.15) is 5.82 Å². The van der Waals surface area contributed by atoms with Crippen LogP contribution in [0.4, 0.5) is 10.1 Å². The normalized spacial score (nSPS) is 17.1. The summed E-state index contributed by atoms with van der Waals surface area (Å²) in [4.78, 5) is 0.110. The van der Waals surface area contributed by atoms with Crippen molar-refractivity contribution in [3.63, 3.8) is 0 Å². The van der Waals surface area contributed by atoms with Gasteiger partial charge in [-0.3, -0.25) is 0 Å². The second-order valence-corrected chi connectivity index (χ2v) is 13.3. The molecule has 1 unspecified atom stereocenters. The standard InChI is InChI=1S/C36H30FNO2S/c1-41(39,40)35-19-15-28(37)22-34(35)38-36(20-6-9-26-8-3-5-11-33(26)36)23-24-12-16-30-27(21-24)14-18-31-29-10-4-2-7-25(29)13-17-32(30)31/h2-5,7-8,10-19,21-22,38H,6,9,20,23H2,1H3. The Balaban J connectivity index is 1.36. The van der Waals surface area contributed by atoms with Crippen LogP contribution in [-0.4, -0.2) is 14.7 Å². The number of anilines is 1. The number of aryl methyl sites for hydroxylation is 1. The average molecular weight is 560 g/mol. The fourth-order valence-corrected chi connectivity index (χ4v) is 7.62. The number of rotatable bonds is 5. The first-order valence-electron chi connectivity index (χ1n) is 14.0. The van der Waals surface area contributed by atoms with Crippen molar-refractivity contribution in [2.75, 3.05) is 11.6 Å². The number of hydrogen-bond donors (Lipinski definition) is 1. The number of hydrogen-bond acceptors (Lipinski definition) is 3. The van der Waals surface area contributed by atoms with E-state index in [1.165, 1.54) is 56.9 Å². The van der Waals surface area contributed by atoms with Crippen LogP contribution in [-0.2, 0) is 28.2 Å². The third-order valence-electron chi connectivity index (χ3n) is 8.61. The Kier molecular flexibility index (Phi) is 6.09. The third-order valence-corrected chi connectivity index (χ3v) is 9.76. The van der Waals surface area contributed by atoms with Gasteiger partial charge in [-0.2, -0.15) is 0 Å². The number of benzene rings is 6. The van der Waals surface area contributed by atoms with Gasteiger partial charge in [-0.05, 0) is 92.9 Å². The predicted molar refractivity (Wildman–Crippen MR) is 167 cm³/mol. The first kappa shape index (κ1) is 25.7. The molecule has 0 spiro atoms. The summed E-state index contributed by atoms with van der Waals surface area (Å²) in [6.07, 6.45) is 4.50. The Hall–Kier alpha value is -4.22. The summed E-state index contributed by atoms with van der Waals surface area (Å²) in [7, 11) is -3.57. The van der Waals surface area contributed by atoms with E-state index in [4.69, 9.17) is 0 Å². The molecule has 0 saturated carbocycles. The van der Waals surface area contributed by atoms with E-state index in [1.807, 2.05) is 12.1 Å². The van der Waals surface area contributed by atoms with E-state index in [0.717, 1.165) is 35.8 Å². The Morgan fingerprint density at radius 2 is 1.46 bits per heavy atom. The number of sulfone groups is 1. The summed E-state index contributed by atoms with van der Waals surface area (Å²) >= 11 is 0. The van der Waals surface area contributed by atoms with E-state index in [0.29, 0.717) is 12.1 Å². The van der Waals surface area contributed by atoms with Gasteiger partial charge < -0.3 is 5.32 Å². The molecule has 5 heteroatoms. The maximum atomic E-state index is 14.5. The minimum absolute atomic E-state index is 0.110. The maximum Gasteiger partial charge on any atom is 0.177 e. The molecule has 0 bridgehead atoms. The van der Waals surface area contributed by atoms with Gasteiger partial charge in [0.25, 0.3) is 0 Å². The van der Waals surface area contributed by atoms with Crippen LogP contribution >= 0.6 is 0 Å². The molecule has 0 aromatic heterocycles. The zero-order chi connectivity index (χ0) is 28.2. The minimum atomic E-state index is -3.57. The predicted octanol–water partition coefficient (Wildman–Crippen LogP) is 8.58. The van der Waals surface area contributed by atoms with E-state index in [-0.39, 0.29) is 4.90 Å². The van der Waals surface area contributed by atoms with Gasteiger partial charge in [0.15, 0.2) is 9.84 Å². The van der Waals surface area contributed by atoms with Gasteiger partial charge in [-0.25, -0.2) is 12.8 Å². The van der Waals surface area contributed by atoms with Crippen LogP contribution in [0.2, 0.25) is 0 Å². The van der Waals surface area contributed by atoms with Crippen molar-refractivity contribution in [2.24, 2.45) is 0 Å². The fraction of sp³-hybridized carbons (Fsp3) is 0.167. The molecule has 3 nitrogen and oxygen atoms in total. The van der Waals surface area contributed by atoms with Crippen molar-refractivity contribution in [3.8, 4) is 0 Å². The highest BCUT2D eigenvalue weighted by Gasteiger charge is 2.37. The smallest absolute Gasteiger partial charge is 0.177 e. The van der Waals surface area contributed by atoms with Gasteiger partial charge in [0.05, 0.1) is 16.1 Å². The molecule has 7 rings (SSSR count). The highest BCUT2D eigenvalue weighted by atomic mass is 32.2. The summed E-state index contributed by atoms with van der Waals surface area (Å²) in [5.41, 5.74) is 3.23. The van der Waals surface area contributed by atoms with Crippen LogP contribution in [0.5, 0.6) is 0 Å². The lowest BCUT2D eigenvalue weighted by molar-refractivity contribution is 0.404. The number of halogens is 1. The molecule has 1 N–H and O–H groups in total. The van der Waals surface area contributed by atoms with Crippen molar-refractivity contribution in [1.82, 2.24) is 0 Å². The molecule has 0 aliphatic heterocycles. The lowest BCUT2D eigenvalue weighted by atomic mass is 9.73. The van der Waals surface area contributed by atoms with E-state index >= 15 is 0 Å². The molecule has 0 fully saturated rings. The van der Waals surface area contributed by atoms with E-state index in [1.54, 1.807) is 0 Å². The molecule has 204 valence electrons. The largest absolute Gasteiger partial charge is 0.374 e. The lowest BCUT2D eigenvalue weighted by Gasteiger charge is -2.41. The van der Waals surface area contributed by atoms with Crippen LogP contribution in [0, 0.1) is 5.82 Å². The summed E-state index contributed by atoms with van der Waals surface area (Å²) in [5.74, 6) is -0.468. The molecule has 0 radical (unpaired) electrons. The monoisotopic (exact) mass is 559 g/mol. The molecule has 0 saturated heterocycles. The second kappa shape index (κ2) is 9.71. The fourth-order valence-electron chi connectivity index (χ4n) is 6.80. The van der Waals surface area contributed by atoms with Crippen molar-refractivity contribution in [2.45, 2.75) is 36.1 Å². The van der Waals surface area contributed by atoms with Gasteiger partial charge in [0, 0.05) is 6.26 Å². The zero-order valence-electron chi connectivity index (χ0n) is 22.8. The Bertz CT molecular complexity index is 2090. The molecular weight excluding hydrogens is 529 g/mol. The van der Waals surface area contributed by atoms with E-state index in [2.05, 4.69) is 84.2 Å². The molecule has 1 aliphatic carbocycles. The minimum Gasteiger partial charge on any atom is -0.374 e. The SMILES string of the molecule is CS(=O)(=O)c1ccc(F)cc1NC1(Cc2ccc3c(ccc4c5ccccc5ccc34)c2)CCCc2ccccc21. The van der Waals surface area contributed by atoms with E-state index < -0.39 is 21.2 Å². The maximum absolute atomic E-state index is 14.5. The van der Waals surface area contributed by atoms with Crippen LogP contribution in [0.1, 0.15) is 29.5 Å². The molecule has 0 heterocycles. The van der Waals surface area contributed by atoms with Crippen LogP contribution in [0.15, 0.2) is 114 Å². The first-order chi connectivity index (χ1) is 19.8. The number of fused-ring (bicyclic) bond motifs is 6. The average Bonchev–Trinajstić information content (AvgIpc) is 2.96. The van der Waals surface area contributed by atoms with Crippen LogP contribution in [0.3, 0.4) is 0 Å². The highest BCUT2D eigenvalue weighted by molar-refractivity contribution is 7.90. The van der Waals surface area contributed by atoms with Crippen LogP contribution < -0.4 is 5.32 Å². The molecule has 6 aromatic carbocycles. The van der Waals surface area contributed by atoms with E-state index in [9.17, 15) is 12.8 Å². The van der Waals surface area contributed by atoms with Crippen molar-refractivity contribution >= 4 is 47.8 Å². The van der Waals surface area contributed by atoms with Crippen LogP contribution in [0.25, 0.3) is 32.3 Å². The Morgan fingerprint density at radius 3 is 2.29 bits per heavy atom. The Labute approximate surface area is 239 Å². The summed E-state index contributed by atoms with van der Waals surface area (Å²) < 4.78 is 39.9. The van der Waals surface area contributed by atoms with Crippen molar-refractivity contribution in [1.29, 1.82) is 0 Å². The Morgan fingerprint density at radius 1 is 0.756 bits per heavy atom. The van der Waals surface area contributed by atoms with Gasteiger partial charge in [0.2, 0.25) is 0 Å². The van der Waals surface area contributed by atoms with Gasteiger partial charge in [-0.1, -0.05) is 91.0 Å². The molecule has 1 aliphatic rings. The lowest BCUT2D eigenvalue weighted by Crippen LogP contribution is -2.41. The van der Waals surface area contributed by atoms with Gasteiger partial charge >= 0.3 is 0 Å². The zero-order valence-corrected chi connectivity index (χ0v) is 23.6. The van der Waals surface area contributed by atoms with Gasteiger partial charge in [-0.15, -0.1) is 0 Å².